The van der Waals surface area contributed by atoms with Gasteiger partial charge in [-0.05, 0) is 48.4 Å². The van der Waals surface area contributed by atoms with Crippen molar-refractivity contribution in [3.8, 4) is 11.5 Å². The van der Waals surface area contributed by atoms with Crippen LogP contribution in [0.1, 0.15) is 18.6 Å². The van der Waals surface area contributed by atoms with Crippen LogP contribution in [0.25, 0.3) is 6.08 Å². The van der Waals surface area contributed by atoms with Crippen LogP contribution in [-0.2, 0) is 6.42 Å². The van der Waals surface area contributed by atoms with E-state index in [-0.39, 0.29) is 13.0 Å². The Morgan fingerprint density at radius 3 is 1.74 bits per heavy atom. The number of phenols is 2. The molecule has 27 heavy (non-hydrogen) atoms. The number of phenolic OH excluding ortho intramolecular Hbond substituents is 2. The molecule has 0 spiro atoms. The summed E-state index contributed by atoms with van der Waals surface area (Å²) >= 11 is 0. The van der Waals surface area contributed by atoms with E-state index in [2.05, 4.69) is 0 Å². The number of halogens is 4. The van der Waals surface area contributed by atoms with Crippen molar-refractivity contribution in [2.45, 2.75) is 13.8 Å². The first-order chi connectivity index (χ1) is 12.1. The van der Waals surface area contributed by atoms with Crippen LogP contribution < -0.4 is 5.73 Å². The predicted molar refractivity (Wildman–Crippen MR) is 91.6 cm³/mol. The minimum Gasteiger partial charge on any atom is -0.503 e. The van der Waals surface area contributed by atoms with Gasteiger partial charge in [0.2, 0.25) is 6.20 Å². The molecule has 0 aromatic heterocycles. The van der Waals surface area contributed by atoms with Crippen LogP contribution >= 0.6 is 0 Å². The van der Waals surface area contributed by atoms with Gasteiger partial charge in [0.1, 0.15) is 0 Å². The second-order valence-corrected chi connectivity index (χ2v) is 4.88. The van der Waals surface area contributed by atoms with Crippen LogP contribution in [0.4, 0.5) is 17.6 Å². The highest BCUT2D eigenvalue weighted by atomic mass is 19.1. The lowest BCUT2D eigenvalue weighted by Gasteiger charge is -2.01. The third kappa shape index (κ3) is 7.32. The second-order valence-electron chi connectivity index (χ2n) is 4.88. The molecule has 2 aromatic carbocycles. The zero-order valence-corrected chi connectivity index (χ0v) is 13.1. The van der Waals surface area contributed by atoms with Crippen LogP contribution in [0.5, 0.6) is 11.5 Å². The molecule has 0 heterocycles. The molecule has 0 unspecified atom stereocenters. The minimum atomic E-state index is -1.16. The van der Waals surface area contributed by atoms with Crippen molar-refractivity contribution in [1.82, 2.24) is 0 Å². The van der Waals surface area contributed by atoms with Gasteiger partial charge in [0.25, 0.3) is 0 Å². The first-order valence-electron chi connectivity index (χ1n) is 7.02. The molecule has 0 aliphatic carbocycles. The van der Waals surface area contributed by atoms with Gasteiger partial charge in [0.05, 0.1) is 4.92 Å². The molecule has 0 atom stereocenters. The highest BCUT2D eigenvalue weighted by molar-refractivity contribution is 5.50. The van der Waals surface area contributed by atoms with Crippen molar-refractivity contribution in [2.75, 3.05) is 6.54 Å². The molecule has 0 aliphatic rings. The zero-order valence-electron chi connectivity index (χ0n) is 13.1. The fourth-order valence-corrected chi connectivity index (χ4v) is 1.76. The summed E-state index contributed by atoms with van der Waals surface area (Å²) in [7, 11) is 0. The fraction of sp³-hybridized carbons (Fsp3) is 0.176. The summed E-state index contributed by atoms with van der Waals surface area (Å²) in [5, 5.41) is 27.3. The molecular formula is C17H18F4N2O4. The Bertz CT molecular complexity index is 783. The average Bonchev–Trinajstić information content (AvgIpc) is 2.56. The topological polar surface area (TPSA) is 110 Å². The Hall–Kier alpha value is -3.14. The van der Waals surface area contributed by atoms with Crippen molar-refractivity contribution < 1.29 is 32.7 Å². The Morgan fingerprint density at radius 1 is 0.963 bits per heavy atom. The Kier molecular flexibility index (Phi) is 9.51. The molecule has 6 nitrogen and oxygen atoms in total. The molecule has 0 saturated carbocycles. The van der Waals surface area contributed by atoms with Crippen LogP contribution in [0, 0.1) is 33.4 Å². The van der Waals surface area contributed by atoms with Crippen molar-refractivity contribution in [2.24, 2.45) is 5.73 Å². The van der Waals surface area contributed by atoms with Gasteiger partial charge in [-0.2, -0.15) is 0 Å². The standard InChI is InChI=1S/C8H5F2NO3.C8H9F2NO.CH4/c9-6-3-5(1-2-11(13)14)4-7(10)8(6)12;9-6-3-5(1-2-11)4-7(10)8(6)12;/h1-4,12H;3-4,12H,1-2,11H2;1H4/b2-1+;;. The van der Waals surface area contributed by atoms with Crippen molar-refractivity contribution in [1.29, 1.82) is 0 Å². The molecule has 2 rings (SSSR count). The number of rotatable bonds is 4. The van der Waals surface area contributed by atoms with Crippen LogP contribution in [0.15, 0.2) is 30.5 Å². The summed E-state index contributed by atoms with van der Waals surface area (Å²) in [5.41, 5.74) is 5.61. The molecule has 2 aromatic rings. The summed E-state index contributed by atoms with van der Waals surface area (Å²) in [6, 6.07) is 3.73. The molecule has 10 heteroatoms. The van der Waals surface area contributed by atoms with E-state index in [9.17, 15) is 27.7 Å². The highest BCUT2D eigenvalue weighted by Crippen LogP contribution is 2.22. The van der Waals surface area contributed by atoms with Gasteiger partial charge in [-0.15, -0.1) is 0 Å². The summed E-state index contributed by atoms with van der Waals surface area (Å²) in [4.78, 5) is 9.13. The molecule has 0 saturated heterocycles. The van der Waals surface area contributed by atoms with Crippen LogP contribution in [-0.4, -0.2) is 21.7 Å². The second kappa shape index (κ2) is 10.8. The number of nitrogens with zero attached hydrogens (tertiary/aromatic N) is 1. The van der Waals surface area contributed by atoms with E-state index >= 15 is 0 Å². The molecule has 0 fully saturated rings. The zero-order chi connectivity index (χ0) is 19.9. The summed E-state index contributed by atoms with van der Waals surface area (Å²) in [6.07, 6.45) is 1.87. The molecule has 0 amide bonds. The number of aromatic hydroxyl groups is 2. The van der Waals surface area contributed by atoms with Gasteiger partial charge in [0, 0.05) is 6.08 Å². The average molecular weight is 390 g/mol. The maximum Gasteiger partial charge on any atom is 0.235 e. The lowest BCUT2D eigenvalue weighted by Crippen LogP contribution is -2.03. The van der Waals surface area contributed by atoms with Gasteiger partial charge < -0.3 is 15.9 Å². The molecule has 0 bridgehead atoms. The maximum absolute atomic E-state index is 12.7. The van der Waals surface area contributed by atoms with Crippen molar-refractivity contribution in [3.63, 3.8) is 0 Å². The molecule has 148 valence electrons. The Balaban J connectivity index is 0.000000488. The third-order valence-corrected chi connectivity index (χ3v) is 2.94. The van der Waals surface area contributed by atoms with E-state index in [1.807, 2.05) is 0 Å². The fourth-order valence-electron chi connectivity index (χ4n) is 1.76. The highest BCUT2D eigenvalue weighted by Gasteiger charge is 2.09. The summed E-state index contributed by atoms with van der Waals surface area (Å²) in [5.74, 6) is -6.24. The SMILES string of the molecule is C.NCCc1cc(F)c(O)c(F)c1.O=[N+]([O-])/C=C/c1cc(F)c(O)c(F)c1. The first-order valence-corrected chi connectivity index (χ1v) is 7.02. The van der Waals surface area contributed by atoms with Gasteiger partial charge >= 0.3 is 0 Å². The number of benzene rings is 2. The molecule has 0 aliphatic heterocycles. The monoisotopic (exact) mass is 390 g/mol. The lowest BCUT2D eigenvalue weighted by atomic mass is 10.1. The Labute approximate surface area is 152 Å². The molecule has 0 radical (unpaired) electrons. The number of hydrogen-bond acceptors (Lipinski definition) is 5. The number of nitrogens with two attached hydrogens (primary N) is 1. The normalized spacial score (nSPS) is 10.1. The molecule has 4 N–H and O–H groups in total. The number of hydrogen-bond donors (Lipinski definition) is 3. The first kappa shape index (κ1) is 23.9. The van der Waals surface area contributed by atoms with Crippen LogP contribution in [0.2, 0.25) is 0 Å². The van der Waals surface area contributed by atoms with E-state index in [0.717, 1.165) is 30.3 Å². The molecular weight excluding hydrogens is 372 g/mol. The predicted octanol–water partition coefficient (Wildman–Crippen LogP) is 3.73. The van der Waals surface area contributed by atoms with Gasteiger partial charge in [-0.3, -0.25) is 10.1 Å². The minimum absolute atomic E-state index is 0. The van der Waals surface area contributed by atoms with Gasteiger partial charge in [-0.25, -0.2) is 17.6 Å². The summed E-state index contributed by atoms with van der Waals surface area (Å²) in [6.45, 7) is 0.323. The third-order valence-electron chi connectivity index (χ3n) is 2.94. The van der Waals surface area contributed by atoms with E-state index < -0.39 is 39.7 Å². The number of nitro groups is 1. The van der Waals surface area contributed by atoms with Gasteiger partial charge in [-0.1, -0.05) is 7.43 Å². The largest absolute Gasteiger partial charge is 0.503 e. The maximum atomic E-state index is 12.7. The quantitative estimate of drug-likeness (QED) is 0.419. The smallest absolute Gasteiger partial charge is 0.235 e. The lowest BCUT2D eigenvalue weighted by molar-refractivity contribution is -0.400. The van der Waals surface area contributed by atoms with Crippen LogP contribution in [0.3, 0.4) is 0 Å². The van der Waals surface area contributed by atoms with Crippen molar-refractivity contribution >= 4 is 6.08 Å². The van der Waals surface area contributed by atoms with E-state index in [1.54, 1.807) is 0 Å². The Morgan fingerprint density at radius 2 is 1.37 bits per heavy atom. The van der Waals surface area contributed by atoms with Gasteiger partial charge in [0.15, 0.2) is 34.8 Å². The van der Waals surface area contributed by atoms with E-state index in [4.69, 9.17) is 15.9 Å². The van der Waals surface area contributed by atoms with Crippen molar-refractivity contribution in [3.05, 3.63) is 75.0 Å². The van der Waals surface area contributed by atoms with E-state index in [0.29, 0.717) is 24.7 Å². The van der Waals surface area contributed by atoms with E-state index in [1.165, 1.54) is 0 Å². The summed E-state index contributed by atoms with van der Waals surface area (Å²) < 4.78 is 50.6.